The summed E-state index contributed by atoms with van der Waals surface area (Å²) >= 11 is 1.65. The number of aromatic amines is 1. The summed E-state index contributed by atoms with van der Waals surface area (Å²) in [4.78, 5) is 9.62. The van der Waals surface area contributed by atoms with Crippen LogP contribution in [0.1, 0.15) is 29.5 Å². The summed E-state index contributed by atoms with van der Waals surface area (Å²) in [7, 11) is 0. The van der Waals surface area contributed by atoms with Gasteiger partial charge in [-0.1, -0.05) is 12.1 Å². The Morgan fingerprint density at radius 2 is 2.00 bits per heavy atom. The van der Waals surface area contributed by atoms with E-state index in [4.69, 9.17) is 4.98 Å². The third-order valence-electron chi connectivity index (χ3n) is 4.28. The molecule has 0 amide bonds. The lowest BCUT2D eigenvalue weighted by molar-refractivity contribution is -0.367. The lowest BCUT2D eigenvalue weighted by Crippen LogP contribution is -2.29. The highest BCUT2D eigenvalue weighted by Crippen LogP contribution is 2.38. The highest BCUT2D eigenvalue weighted by Gasteiger charge is 2.37. The second kappa shape index (κ2) is 5.73. The van der Waals surface area contributed by atoms with Crippen molar-refractivity contribution in [3.8, 4) is 0 Å². The number of halogens is 3. The molecule has 0 unspecified atom stereocenters. The van der Waals surface area contributed by atoms with Crippen molar-refractivity contribution in [2.45, 2.75) is 25.1 Å². The SMILES string of the molecule is FC(F)(F)c1ccc(N2CCC[C@@H]2c2nc3ccccc3s2)[nH+]c1. The van der Waals surface area contributed by atoms with E-state index in [1.54, 1.807) is 11.3 Å². The number of thiazole rings is 1. The lowest BCUT2D eigenvalue weighted by atomic mass is 10.2. The summed E-state index contributed by atoms with van der Waals surface area (Å²) in [6, 6.07) is 10.7. The molecule has 4 rings (SSSR count). The van der Waals surface area contributed by atoms with Crippen LogP contribution in [0.5, 0.6) is 0 Å². The minimum absolute atomic E-state index is 0.107. The van der Waals surface area contributed by atoms with E-state index in [-0.39, 0.29) is 6.04 Å². The first-order valence-corrected chi connectivity index (χ1v) is 8.55. The van der Waals surface area contributed by atoms with E-state index in [9.17, 15) is 13.2 Å². The van der Waals surface area contributed by atoms with Crippen LogP contribution in [-0.4, -0.2) is 11.5 Å². The van der Waals surface area contributed by atoms with Gasteiger partial charge in [0.25, 0.3) is 5.82 Å². The van der Waals surface area contributed by atoms with Crippen LogP contribution in [0.4, 0.5) is 19.0 Å². The highest BCUT2D eigenvalue weighted by molar-refractivity contribution is 7.18. The summed E-state index contributed by atoms with van der Waals surface area (Å²) in [5, 5.41) is 1.02. The van der Waals surface area contributed by atoms with Gasteiger partial charge in [-0.3, -0.25) is 4.90 Å². The van der Waals surface area contributed by atoms with Crippen LogP contribution in [0.25, 0.3) is 10.2 Å². The van der Waals surface area contributed by atoms with Crippen molar-refractivity contribution in [3.63, 3.8) is 0 Å². The summed E-state index contributed by atoms with van der Waals surface area (Å²) in [5.41, 5.74) is 0.308. The molecule has 124 valence electrons. The quantitative estimate of drug-likeness (QED) is 0.683. The van der Waals surface area contributed by atoms with Gasteiger partial charge in [-0.15, -0.1) is 11.3 Å². The Labute approximate surface area is 140 Å². The highest BCUT2D eigenvalue weighted by atomic mass is 32.1. The number of para-hydroxylation sites is 1. The maximum Gasteiger partial charge on any atom is 0.419 e. The van der Waals surface area contributed by atoms with Crippen molar-refractivity contribution in [1.82, 2.24) is 4.98 Å². The molecule has 0 bridgehead atoms. The van der Waals surface area contributed by atoms with Gasteiger partial charge in [0, 0.05) is 6.07 Å². The normalized spacial score (nSPS) is 18.5. The minimum Gasteiger partial charge on any atom is -0.252 e. The molecule has 1 aliphatic heterocycles. The molecular formula is C17H15F3N3S+. The zero-order chi connectivity index (χ0) is 16.7. The maximum atomic E-state index is 12.7. The number of rotatable bonds is 2. The molecule has 2 aromatic heterocycles. The summed E-state index contributed by atoms with van der Waals surface area (Å²) in [6.45, 7) is 0.808. The number of alkyl halides is 3. The first-order chi connectivity index (χ1) is 11.5. The van der Waals surface area contributed by atoms with Crippen LogP contribution in [-0.2, 0) is 6.18 Å². The molecule has 1 aliphatic rings. The standard InChI is InChI=1S/C17H14F3N3S/c18-17(19,20)11-7-8-15(21-10-11)23-9-3-5-13(23)16-22-12-4-1-2-6-14(12)24-16/h1-2,4,6-8,10,13H,3,5,9H2/p+1/t13-/m1/s1. The van der Waals surface area contributed by atoms with Crippen molar-refractivity contribution >= 4 is 27.4 Å². The smallest absolute Gasteiger partial charge is 0.252 e. The van der Waals surface area contributed by atoms with Gasteiger partial charge in [0.15, 0.2) is 0 Å². The molecule has 1 saturated heterocycles. The van der Waals surface area contributed by atoms with Gasteiger partial charge in [0.05, 0.1) is 22.3 Å². The first kappa shape index (κ1) is 15.4. The number of benzene rings is 1. The number of nitrogens with zero attached hydrogens (tertiary/aromatic N) is 2. The Kier molecular flexibility index (Phi) is 3.68. The molecule has 1 fully saturated rings. The summed E-state index contributed by atoms with van der Waals surface area (Å²) in [6.07, 6.45) is -1.35. The fraction of sp³-hybridized carbons (Fsp3) is 0.294. The zero-order valence-electron chi connectivity index (χ0n) is 12.7. The van der Waals surface area contributed by atoms with Crippen LogP contribution >= 0.6 is 11.3 Å². The Hall–Kier alpha value is -2.15. The van der Waals surface area contributed by atoms with E-state index in [0.717, 1.165) is 46.9 Å². The molecule has 1 aromatic carbocycles. The lowest BCUT2D eigenvalue weighted by Gasteiger charge is -2.17. The molecule has 24 heavy (non-hydrogen) atoms. The molecule has 3 aromatic rings. The minimum atomic E-state index is -4.33. The molecule has 3 heterocycles. The Morgan fingerprint density at radius 1 is 1.17 bits per heavy atom. The fourth-order valence-electron chi connectivity index (χ4n) is 3.12. The van der Waals surface area contributed by atoms with E-state index in [1.165, 1.54) is 6.07 Å². The molecular weight excluding hydrogens is 335 g/mol. The van der Waals surface area contributed by atoms with Crippen LogP contribution in [0.3, 0.4) is 0 Å². The van der Waals surface area contributed by atoms with Crippen LogP contribution in [0.15, 0.2) is 42.6 Å². The van der Waals surface area contributed by atoms with Gasteiger partial charge in [0.1, 0.15) is 17.2 Å². The van der Waals surface area contributed by atoms with E-state index in [2.05, 4.69) is 9.88 Å². The van der Waals surface area contributed by atoms with E-state index in [1.807, 2.05) is 24.3 Å². The van der Waals surface area contributed by atoms with E-state index in [0.29, 0.717) is 5.82 Å². The second-order valence-corrected chi connectivity index (χ2v) is 6.89. The third kappa shape index (κ3) is 2.73. The predicted octanol–water partition coefficient (Wildman–Crippen LogP) is 4.47. The number of hydrogen-bond acceptors (Lipinski definition) is 3. The van der Waals surface area contributed by atoms with Gasteiger partial charge in [-0.2, -0.15) is 13.2 Å². The molecule has 1 atom stereocenters. The maximum absolute atomic E-state index is 12.7. The average molecular weight is 350 g/mol. The molecule has 1 N–H and O–H groups in total. The van der Waals surface area contributed by atoms with Crippen LogP contribution in [0, 0.1) is 0 Å². The molecule has 0 spiro atoms. The number of anilines is 1. The van der Waals surface area contributed by atoms with Gasteiger partial charge in [-0.05, 0) is 31.0 Å². The molecule has 0 radical (unpaired) electrons. The van der Waals surface area contributed by atoms with Crippen molar-refractivity contribution in [1.29, 1.82) is 0 Å². The van der Waals surface area contributed by atoms with Crippen LogP contribution in [0.2, 0.25) is 0 Å². The number of H-pyrrole nitrogens is 1. The van der Waals surface area contributed by atoms with Crippen molar-refractivity contribution in [3.05, 3.63) is 53.2 Å². The van der Waals surface area contributed by atoms with Crippen molar-refractivity contribution in [2.75, 3.05) is 11.4 Å². The summed E-state index contributed by atoms with van der Waals surface area (Å²) in [5.74, 6) is 0.699. The van der Waals surface area contributed by atoms with Gasteiger partial charge < -0.3 is 0 Å². The second-order valence-electron chi connectivity index (χ2n) is 5.83. The van der Waals surface area contributed by atoms with Gasteiger partial charge >= 0.3 is 6.18 Å². The molecule has 0 saturated carbocycles. The predicted molar refractivity (Wildman–Crippen MR) is 86.9 cm³/mol. The van der Waals surface area contributed by atoms with E-state index >= 15 is 0 Å². The zero-order valence-corrected chi connectivity index (χ0v) is 13.5. The van der Waals surface area contributed by atoms with Crippen molar-refractivity contribution in [2.24, 2.45) is 0 Å². The first-order valence-electron chi connectivity index (χ1n) is 7.73. The van der Waals surface area contributed by atoms with Gasteiger partial charge in [-0.25, -0.2) is 9.97 Å². The van der Waals surface area contributed by atoms with Crippen molar-refractivity contribution < 1.29 is 18.2 Å². The largest absolute Gasteiger partial charge is 0.419 e. The third-order valence-corrected chi connectivity index (χ3v) is 5.42. The Balaban J connectivity index is 1.65. The fourth-order valence-corrected chi connectivity index (χ4v) is 4.23. The number of fused-ring (bicyclic) bond motifs is 1. The number of hydrogen-bond donors (Lipinski definition) is 0. The number of nitrogens with one attached hydrogen (secondary N) is 1. The van der Waals surface area contributed by atoms with E-state index < -0.39 is 11.7 Å². The number of aromatic nitrogens is 2. The molecule has 0 aliphatic carbocycles. The molecule has 3 nitrogen and oxygen atoms in total. The topological polar surface area (TPSA) is 30.3 Å². The Morgan fingerprint density at radius 3 is 2.71 bits per heavy atom. The Bertz CT molecular complexity index is 824. The number of pyridine rings is 1. The van der Waals surface area contributed by atoms with Gasteiger partial charge in [0.2, 0.25) is 0 Å². The monoisotopic (exact) mass is 350 g/mol. The summed E-state index contributed by atoms with van der Waals surface area (Å²) < 4.78 is 39.3. The average Bonchev–Trinajstić information content (AvgIpc) is 3.20. The molecule has 7 heteroatoms. The van der Waals surface area contributed by atoms with Crippen LogP contribution < -0.4 is 9.88 Å².